The minimum absolute atomic E-state index is 0.195. The summed E-state index contributed by atoms with van der Waals surface area (Å²) in [5, 5.41) is 0. The summed E-state index contributed by atoms with van der Waals surface area (Å²) < 4.78 is 0. The summed E-state index contributed by atoms with van der Waals surface area (Å²) in [6.45, 7) is 1.92. The summed E-state index contributed by atoms with van der Waals surface area (Å²) in [6.07, 6.45) is 8.60. The van der Waals surface area contributed by atoms with Gasteiger partial charge in [-0.15, -0.1) is 0 Å². The standard InChI is InChI=1S/C12H24N2O3/c1-2-3-4-5-6-7-8-9-12(16)14-17-10-11(13)15/h2-10H2,1H3,(H2,13,15)(H,14,16). The number of amides is 2. The normalized spacial score (nSPS) is 10.2. The fourth-order valence-corrected chi connectivity index (χ4v) is 1.48. The van der Waals surface area contributed by atoms with Gasteiger partial charge >= 0.3 is 0 Å². The Bertz CT molecular complexity index is 220. The number of nitrogens with one attached hydrogen (secondary N) is 1. The van der Waals surface area contributed by atoms with Crippen LogP contribution in [0.25, 0.3) is 0 Å². The highest BCUT2D eigenvalue weighted by atomic mass is 16.7. The van der Waals surface area contributed by atoms with E-state index in [-0.39, 0.29) is 12.5 Å². The lowest BCUT2D eigenvalue weighted by Gasteiger charge is -2.04. The van der Waals surface area contributed by atoms with Crippen LogP contribution in [0.2, 0.25) is 0 Å². The highest BCUT2D eigenvalue weighted by Gasteiger charge is 2.01. The Labute approximate surface area is 103 Å². The second-order valence-corrected chi connectivity index (χ2v) is 4.15. The first-order chi connectivity index (χ1) is 8.16. The molecule has 0 saturated heterocycles. The van der Waals surface area contributed by atoms with Crippen LogP contribution in [-0.2, 0) is 14.4 Å². The second kappa shape index (κ2) is 11.4. The van der Waals surface area contributed by atoms with Crippen molar-refractivity contribution < 1.29 is 14.4 Å². The minimum Gasteiger partial charge on any atom is -0.368 e. The third kappa shape index (κ3) is 12.8. The van der Waals surface area contributed by atoms with Crippen molar-refractivity contribution >= 4 is 11.8 Å². The average Bonchev–Trinajstić information content (AvgIpc) is 2.27. The van der Waals surface area contributed by atoms with Crippen LogP contribution in [0.5, 0.6) is 0 Å². The molecule has 0 aliphatic carbocycles. The second-order valence-electron chi connectivity index (χ2n) is 4.15. The molecule has 0 aliphatic heterocycles. The largest absolute Gasteiger partial charge is 0.368 e. The molecule has 3 N–H and O–H groups in total. The fourth-order valence-electron chi connectivity index (χ4n) is 1.48. The van der Waals surface area contributed by atoms with E-state index in [4.69, 9.17) is 5.73 Å². The Hall–Kier alpha value is -1.10. The molecule has 0 rings (SSSR count). The van der Waals surface area contributed by atoms with Gasteiger partial charge in [-0.3, -0.25) is 14.4 Å². The third-order valence-corrected chi connectivity index (χ3v) is 2.41. The molecule has 0 aliphatic rings. The predicted molar refractivity (Wildman–Crippen MR) is 65.9 cm³/mol. The molecule has 0 bridgehead atoms. The maximum atomic E-state index is 11.2. The van der Waals surface area contributed by atoms with Crippen LogP contribution in [0.4, 0.5) is 0 Å². The Morgan fingerprint density at radius 1 is 1.06 bits per heavy atom. The van der Waals surface area contributed by atoms with Crippen molar-refractivity contribution in [3.05, 3.63) is 0 Å². The quantitative estimate of drug-likeness (QED) is 0.428. The smallest absolute Gasteiger partial charge is 0.246 e. The van der Waals surface area contributed by atoms with Crippen molar-refractivity contribution in [2.24, 2.45) is 5.73 Å². The Morgan fingerprint density at radius 3 is 2.24 bits per heavy atom. The first-order valence-corrected chi connectivity index (χ1v) is 6.35. The van der Waals surface area contributed by atoms with Crippen LogP contribution in [0.15, 0.2) is 0 Å². The fraction of sp³-hybridized carbons (Fsp3) is 0.833. The third-order valence-electron chi connectivity index (χ3n) is 2.41. The average molecular weight is 244 g/mol. The van der Waals surface area contributed by atoms with Gasteiger partial charge in [-0.1, -0.05) is 45.4 Å². The molecule has 17 heavy (non-hydrogen) atoms. The van der Waals surface area contributed by atoms with Crippen molar-refractivity contribution in [3.63, 3.8) is 0 Å². The zero-order chi connectivity index (χ0) is 12.9. The molecule has 0 aromatic carbocycles. The maximum absolute atomic E-state index is 11.2. The van der Waals surface area contributed by atoms with Crippen LogP contribution < -0.4 is 11.2 Å². The van der Waals surface area contributed by atoms with Crippen molar-refractivity contribution in [2.45, 2.75) is 58.3 Å². The molecule has 0 unspecified atom stereocenters. The summed E-state index contributed by atoms with van der Waals surface area (Å²) >= 11 is 0. The highest BCUT2D eigenvalue weighted by Crippen LogP contribution is 2.08. The molecule has 0 fully saturated rings. The van der Waals surface area contributed by atoms with Gasteiger partial charge in [0.05, 0.1) is 0 Å². The van der Waals surface area contributed by atoms with E-state index < -0.39 is 5.91 Å². The van der Waals surface area contributed by atoms with E-state index in [0.717, 1.165) is 12.8 Å². The first-order valence-electron chi connectivity index (χ1n) is 6.35. The summed E-state index contributed by atoms with van der Waals surface area (Å²) in [7, 11) is 0. The zero-order valence-electron chi connectivity index (χ0n) is 10.7. The lowest BCUT2D eigenvalue weighted by molar-refractivity contribution is -0.138. The molecule has 0 aromatic rings. The molecule has 0 heterocycles. The number of rotatable bonds is 11. The van der Waals surface area contributed by atoms with E-state index in [1.165, 1.54) is 32.1 Å². The monoisotopic (exact) mass is 244 g/mol. The molecule has 100 valence electrons. The van der Waals surface area contributed by atoms with Gasteiger partial charge in [0.1, 0.15) is 0 Å². The van der Waals surface area contributed by atoms with Gasteiger partial charge in [-0.2, -0.15) is 0 Å². The molecular weight excluding hydrogens is 220 g/mol. The number of unbranched alkanes of at least 4 members (excludes halogenated alkanes) is 6. The van der Waals surface area contributed by atoms with E-state index in [1.54, 1.807) is 0 Å². The van der Waals surface area contributed by atoms with Crippen molar-refractivity contribution in [1.29, 1.82) is 0 Å². The van der Waals surface area contributed by atoms with E-state index >= 15 is 0 Å². The van der Waals surface area contributed by atoms with Crippen LogP contribution in [0.3, 0.4) is 0 Å². The van der Waals surface area contributed by atoms with Gasteiger partial charge in [0.25, 0.3) is 0 Å². The van der Waals surface area contributed by atoms with E-state index in [9.17, 15) is 9.59 Å². The Balaban J connectivity index is 3.19. The van der Waals surface area contributed by atoms with Crippen LogP contribution in [0.1, 0.15) is 58.3 Å². The molecular formula is C12H24N2O3. The molecule has 5 nitrogen and oxygen atoms in total. The summed E-state index contributed by atoms with van der Waals surface area (Å²) in [4.78, 5) is 26.1. The minimum atomic E-state index is -0.596. The summed E-state index contributed by atoms with van der Waals surface area (Å²) in [6, 6.07) is 0. The van der Waals surface area contributed by atoms with Gasteiger partial charge in [0.2, 0.25) is 11.8 Å². The van der Waals surface area contributed by atoms with Gasteiger partial charge in [-0.05, 0) is 6.42 Å². The predicted octanol–water partition coefficient (Wildman–Crippen LogP) is 1.66. The zero-order valence-corrected chi connectivity index (χ0v) is 10.7. The number of hydrogen-bond donors (Lipinski definition) is 2. The van der Waals surface area contributed by atoms with Crippen molar-refractivity contribution in [1.82, 2.24) is 5.48 Å². The number of hydrogen-bond acceptors (Lipinski definition) is 3. The van der Waals surface area contributed by atoms with Crippen molar-refractivity contribution in [2.75, 3.05) is 6.61 Å². The highest BCUT2D eigenvalue weighted by molar-refractivity contribution is 5.76. The number of nitrogens with two attached hydrogens (primary N) is 1. The summed E-state index contributed by atoms with van der Waals surface area (Å²) in [5.74, 6) is -0.791. The van der Waals surface area contributed by atoms with Crippen LogP contribution >= 0.6 is 0 Å². The van der Waals surface area contributed by atoms with Gasteiger partial charge in [-0.25, -0.2) is 5.48 Å². The van der Waals surface area contributed by atoms with E-state index in [1.807, 2.05) is 0 Å². The number of hydroxylamine groups is 1. The lowest BCUT2D eigenvalue weighted by atomic mass is 10.1. The molecule has 0 saturated carbocycles. The number of carbonyl (C=O) groups excluding carboxylic acids is 2. The van der Waals surface area contributed by atoms with Crippen LogP contribution in [-0.4, -0.2) is 18.4 Å². The maximum Gasteiger partial charge on any atom is 0.246 e. The van der Waals surface area contributed by atoms with Crippen molar-refractivity contribution in [3.8, 4) is 0 Å². The molecule has 0 spiro atoms. The molecule has 0 atom stereocenters. The van der Waals surface area contributed by atoms with E-state index in [0.29, 0.717) is 6.42 Å². The van der Waals surface area contributed by atoms with Gasteiger partial charge in [0, 0.05) is 6.42 Å². The SMILES string of the molecule is CCCCCCCCCC(=O)NOCC(N)=O. The van der Waals surface area contributed by atoms with E-state index in [2.05, 4.69) is 17.2 Å². The molecule has 0 radical (unpaired) electrons. The first kappa shape index (κ1) is 15.9. The molecule has 2 amide bonds. The Kier molecular flexibility index (Phi) is 10.7. The molecule has 5 heteroatoms. The summed E-state index contributed by atoms with van der Waals surface area (Å²) in [5.41, 5.74) is 7.03. The Morgan fingerprint density at radius 2 is 1.65 bits per heavy atom. The lowest BCUT2D eigenvalue weighted by Crippen LogP contribution is -2.29. The topological polar surface area (TPSA) is 81.4 Å². The number of primary amides is 1. The van der Waals surface area contributed by atoms with Gasteiger partial charge in [0.15, 0.2) is 6.61 Å². The van der Waals surface area contributed by atoms with Crippen LogP contribution in [0, 0.1) is 0 Å². The number of carbonyl (C=O) groups is 2. The molecule has 0 aromatic heterocycles. The van der Waals surface area contributed by atoms with Gasteiger partial charge < -0.3 is 5.73 Å².